The molecule has 0 amide bonds. The van der Waals surface area contributed by atoms with Gasteiger partial charge in [-0.1, -0.05) is 13.0 Å². The Balaban J connectivity index is 2.46. The van der Waals surface area contributed by atoms with Crippen molar-refractivity contribution in [3.05, 3.63) is 42.0 Å². The van der Waals surface area contributed by atoms with E-state index in [4.69, 9.17) is 0 Å². The van der Waals surface area contributed by atoms with E-state index in [0.29, 0.717) is 5.69 Å². The average molecular weight is 191 g/mol. The molecule has 0 aliphatic carbocycles. The zero-order valence-electron chi connectivity index (χ0n) is 7.81. The van der Waals surface area contributed by atoms with Gasteiger partial charge in [0.05, 0.1) is 12.4 Å². The molecule has 0 atom stereocenters. The molecule has 0 radical (unpaired) electrons. The summed E-state index contributed by atoms with van der Waals surface area (Å²) in [7, 11) is 0. The summed E-state index contributed by atoms with van der Waals surface area (Å²) in [6.45, 7) is 1.99. The van der Waals surface area contributed by atoms with Crippen LogP contribution in [0.2, 0.25) is 0 Å². The number of hydrogen-bond donors (Lipinski definition) is 0. The lowest BCUT2D eigenvalue weighted by atomic mass is 10.1. The van der Waals surface area contributed by atoms with E-state index in [1.54, 1.807) is 6.07 Å². The predicted molar refractivity (Wildman–Crippen MR) is 50.7 cm³/mol. The van der Waals surface area contributed by atoms with Gasteiger partial charge in [0.15, 0.2) is 5.82 Å². The molecule has 0 fully saturated rings. The van der Waals surface area contributed by atoms with Crippen molar-refractivity contribution < 1.29 is 4.39 Å². The van der Waals surface area contributed by atoms with E-state index in [9.17, 15) is 4.39 Å². The maximum Gasteiger partial charge on any atom is 0.150 e. The lowest BCUT2D eigenvalue weighted by Gasteiger charge is -2.03. The van der Waals surface area contributed by atoms with E-state index in [1.165, 1.54) is 23.3 Å². The topological polar surface area (TPSA) is 30.7 Å². The van der Waals surface area contributed by atoms with Crippen molar-refractivity contribution in [2.45, 2.75) is 13.3 Å². The molecular weight excluding hydrogens is 181 g/mol. The number of nitrogens with zero attached hydrogens (tertiary/aromatic N) is 3. The Hall–Kier alpha value is -1.71. The minimum absolute atomic E-state index is 0.291. The van der Waals surface area contributed by atoms with Gasteiger partial charge < -0.3 is 0 Å². The summed E-state index contributed by atoms with van der Waals surface area (Å²) in [5.41, 5.74) is 1.35. The first-order valence-electron chi connectivity index (χ1n) is 4.46. The summed E-state index contributed by atoms with van der Waals surface area (Å²) < 4.78 is 13.5. The quantitative estimate of drug-likeness (QED) is 0.726. The van der Waals surface area contributed by atoms with Gasteiger partial charge >= 0.3 is 0 Å². The summed E-state index contributed by atoms with van der Waals surface area (Å²) in [6.07, 6.45) is 3.87. The maximum atomic E-state index is 13.5. The van der Waals surface area contributed by atoms with Crippen LogP contribution in [0.1, 0.15) is 12.5 Å². The second-order valence-electron chi connectivity index (χ2n) is 2.96. The minimum atomic E-state index is -0.291. The standard InChI is InChI=1S/C10H10FN3/c1-2-8-3-4-10(9(11)7-8)14-12-5-6-13-14/h3-7H,2H2,1H3. The fourth-order valence-electron chi connectivity index (χ4n) is 1.27. The minimum Gasteiger partial charge on any atom is -0.205 e. The van der Waals surface area contributed by atoms with Crippen LogP contribution in [0, 0.1) is 5.82 Å². The van der Waals surface area contributed by atoms with Crippen molar-refractivity contribution in [3.63, 3.8) is 0 Å². The second kappa shape index (κ2) is 3.57. The van der Waals surface area contributed by atoms with Crippen LogP contribution in [0.5, 0.6) is 0 Å². The maximum absolute atomic E-state index is 13.5. The number of halogens is 1. The first-order chi connectivity index (χ1) is 6.81. The van der Waals surface area contributed by atoms with Gasteiger partial charge in [-0.3, -0.25) is 0 Å². The molecule has 0 bridgehead atoms. The van der Waals surface area contributed by atoms with Gasteiger partial charge in [0.25, 0.3) is 0 Å². The number of aryl methyl sites for hydroxylation is 1. The number of rotatable bonds is 2. The smallest absolute Gasteiger partial charge is 0.150 e. The Morgan fingerprint density at radius 1 is 1.29 bits per heavy atom. The summed E-state index contributed by atoms with van der Waals surface area (Å²) in [5, 5.41) is 7.74. The van der Waals surface area contributed by atoms with Gasteiger partial charge in [-0.05, 0) is 24.1 Å². The number of hydrogen-bond acceptors (Lipinski definition) is 2. The third-order valence-corrected chi connectivity index (χ3v) is 2.05. The zero-order chi connectivity index (χ0) is 9.97. The van der Waals surface area contributed by atoms with Crippen LogP contribution in [0.25, 0.3) is 5.69 Å². The van der Waals surface area contributed by atoms with Gasteiger partial charge in [-0.25, -0.2) is 4.39 Å². The molecule has 0 saturated heterocycles. The van der Waals surface area contributed by atoms with Crippen molar-refractivity contribution in [1.82, 2.24) is 15.0 Å². The lowest BCUT2D eigenvalue weighted by Crippen LogP contribution is -2.01. The van der Waals surface area contributed by atoms with Gasteiger partial charge in [-0.2, -0.15) is 10.2 Å². The number of benzene rings is 1. The molecule has 2 aromatic rings. The average Bonchev–Trinajstić information content (AvgIpc) is 2.70. The van der Waals surface area contributed by atoms with Crippen molar-refractivity contribution in [1.29, 1.82) is 0 Å². The van der Waals surface area contributed by atoms with E-state index in [2.05, 4.69) is 10.2 Å². The lowest BCUT2D eigenvalue weighted by molar-refractivity contribution is 0.594. The normalized spacial score (nSPS) is 10.4. The highest BCUT2D eigenvalue weighted by molar-refractivity contribution is 5.34. The first kappa shape index (κ1) is 8.87. The van der Waals surface area contributed by atoms with Gasteiger partial charge in [0, 0.05) is 0 Å². The number of aromatic nitrogens is 3. The van der Waals surface area contributed by atoms with Crippen molar-refractivity contribution in [3.8, 4) is 5.69 Å². The monoisotopic (exact) mass is 191 g/mol. The molecule has 0 unspecified atom stereocenters. The molecule has 0 saturated carbocycles. The van der Waals surface area contributed by atoms with Crippen LogP contribution in [0.15, 0.2) is 30.6 Å². The predicted octanol–water partition coefficient (Wildman–Crippen LogP) is 1.97. The summed E-state index contributed by atoms with van der Waals surface area (Å²) in [5.74, 6) is -0.291. The molecule has 1 heterocycles. The fraction of sp³-hybridized carbons (Fsp3) is 0.200. The third kappa shape index (κ3) is 1.51. The Bertz CT molecular complexity index is 423. The van der Waals surface area contributed by atoms with E-state index in [0.717, 1.165) is 12.0 Å². The van der Waals surface area contributed by atoms with Crippen LogP contribution in [0.3, 0.4) is 0 Å². The summed E-state index contributed by atoms with van der Waals surface area (Å²) in [6, 6.07) is 5.08. The van der Waals surface area contributed by atoms with Gasteiger partial charge in [0.1, 0.15) is 5.69 Å². The molecule has 0 aliphatic heterocycles. The molecule has 72 valence electrons. The van der Waals surface area contributed by atoms with Gasteiger partial charge in [-0.15, -0.1) is 4.80 Å². The highest BCUT2D eigenvalue weighted by atomic mass is 19.1. The zero-order valence-corrected chi connectivity index (χ0v) is 7.81. The molecule has 14 heavy (non-hydrogen) atoms. The largest absolute Gasteiger partial charge is 0.205 e. The van der Waals surface area contributed by atoms with Crippen LogP contribution in [0.4, 0.5) is 4.39 Å². The molecule has 1 aromatic heterocycles. The molecule has 4 heteroatoms. The Morgan fingerprint density at radius 2 is 2.00 bits per heavy atom. The second-order valence-corrected chi connectivity index (χ2v) is 2.96. The van der Waals surface area contributed by atoms with E-state index >= 15 is 0 Å². The third-order valence-electron chi connectivity index (χ3n) is 2.05. The summed E-state index contributed by atoms with van der Waals surface area (Å²) >= 11 is 0. The Kier molecular flexibility index (Phi) is 2.26. The van der Waals surface area contributed by atoms with Crippen LogP contribution in [-0.2, 0) is 6.42 Å². The van der Waals surface area contributed by atoms with E-state index in [1.807, 2.05) is 13.0 Å². The Labute approximate surface area is 81.2 Å². The molecule has 0 aliphatic rings. The SMILES string of the molecule is CCc1ccc(-n2nccn2)c(F)c1. The highest BCUT2D eigenvalue weighted by Crippen LogP contribution is 2.13. The molecule has 0 spiro atoms. The first-order valence-corrected chi connectivity index (χ1v) is 4.46. The van der Waals surface area contributed by atoms with Crippen molar-refractivity contribution in [2.24, 2.45) is 0 Å². The molecule has 0 N–H and O–H groups in total. The van der Waals surface area contributed by atoms with Crippen LogP contribution in [-0.4, -0.2) is 15.0 Å². The van der Waals surface area contributed by atoms with Crippen LogP contribution < -0.4 is 0 Å². The van der Waals surface area contributed by atoms with Crippen LogP contribution >= 0.6 is 0 Å². The van der Waals surface area contributed by atoms with Crippen molar-refractivity contribution in [2.75, 3.05) is 0 Å². The molecule has 3 nitrogen and oxygen atoms in total. The Morgan fingerprint density at radius 3 is 2.57 bits per heavy atom. The summed E-state index contributed by atoms with van der Waals surface area (Å²) in [4.78, 5) is 1.27. The highest BCUT2D eigenvalue weighted by Gasteiger charge is 2.05. The molecule has 2 rings (SSSR count). The van der Waals surface area contributed by atoms with Gasteiger partial charge in [0.2, 0.25) is 0 Å². The van der Waals surface area contributed by atoms with E-state index in [-0.39, 0.29) is 5.82 Å². The van der Waals surface area contributed by atoms with E-state index < -0.39 is 0 Å². The molecular formula is C10H10FN3. The molecule has 1 aromatic carbocycles. The van der Waals surface area contributed by atoms with Crippen molar-refractivity contribution >= 4 is 0 Å². The fourth-order valence-corrected chi connectivity index (χ4v) is 1.27.